The standard InChI is InChI=1S/C12H13I2NO2/c13-12(14)11-7-4-5-8(11)10-6(7)2-1-3-9(10)15(16)17/h1-3,6-8,10-12H,4-5H2. The molecule has 3 aliphatic rings. The Morgan fingerprint density at radius 1 is 1.35 bits per heavy atom. The predicted molar refractivity (Wildman–Crippen MR) is 82.7 cm³/mol. The summed E-state index contributed by atoms with van der Waals surface area (Å²) < 4.78 is 0.592. The van der Waals surface area contributed by atoms with Crippen molar-refractivity contribution < 1.29 is 4.92 Å². The summed E-state index contributed by atoms with van der Waals surface area (Å²) in [7, 11) is 0. The molecular formula is C12H13I2NO2. The number of nitrogens with zero attached hydrogens (tertiary/aromatic N) is 1. The van der Waals surface area contributed by atoms with E-state index in [4.69, 9.17) is 0 Å². The van der Waals surface area contributed by atoms with Crippen LogP contribution in [0.1, 0.15) is 12.8 Å². The Labute approximate surface area is 128 Å². The van der Waals surface area contributed by atoms with Crippen molar-refractivity contribution in [2.45, 2.75) is 14.8 Å². The molecule has 2 saturated carbocycles. The molecule has 0 heterocycles. The van der Waals surface area contributed by atoms with Gasteiger partial charge in [0.15, 0.2) is 0 Å². The topological polar surface area (TPSA) is 43.1 Å². The Bertz CT molecular complexity index is 419. The molecule has 5 atom stereocenters. The van der Waals surface area contributed by atoms with E-state index in [0.717, 1.165) is 0 Å². The lowest BCUT2D eigenvalue weighted by molar-refractivity contribution is -0.436. The first-order valence-electron chi connectivity index (χ1n) is 5.92. The minimum absolute atomic E-state index is 0.158. The van der Waals surface area contributed by atoms with Gasteiger partial charge >= 0.3 is 0 Å². The Kier molecular flexibility index (Phi) is 3.25. The second-order valence-corrected chi connectivity index (χ2v) is 10.2. The van der Waals surface area contributed by atoms with E-state index in [0.29, 0.717) is 31.3 Å². The largest absolute Gasteiger partial charge is 0.259 e. The summed E-state index contributed by atoms with van der Waals surface area (Å²) >= 11 is 4.97. The first-order chi connectivity index (χ1) is 8.11. The fraction of sp³-hybridized carbons (Fsp3) is 0.667. The zero-order valence-corrected chi connectivity index (χ0v) is 13.4. The van der Waals surface area contributed by atoms with Crippen molar-refractivity contribution in [2.75, 3.05) is 0 Å². The van der Waals surface area contributed by atoms with E-state index < -0.39 is 0 Å². The molecule has 0 spiro atoms. The highest BCUT2D eigenvalue weighted by atomic mass is 127. The third-order valence-corrected chi connectivity index (χ3v) is 6.30. The Morgan fingerprint density at radius 2 is 2.06 bits per heavy atom. The SMILES string of the molecule is O=[N+]([O-])C1=CC=CC2C3CCC(C12)C3C(I)I. The van der Waals surface area contributed by atoms with Gasteiger partial charge in [-0.2, -0.15) is 0 Å². The third-order valence-electron chi connectivity index (χ3n) is 4.64. The summed E-state index contributed by atoms with van der Waals surface area (Å²) in [5.74, 6) is 2.48. The molecule has 0 saturated heterocycles. The number of hydrogen-bond donors (Lipinski definition) is 0. The summed E-state index contributed by atoms with van der Waals surface area (Å²) in [5, 5.41) is 11.1. The summed E-state index contributed by atoms with van der Waals surface area (Å²) in [6.45, 7) is 0. The molecule has 2 bridgehead atoms. The van der Waals surface area contributed by atoms with E-state index in [1.807, 2.05) is 6.08 Å². The van der Waals surface area contributed by atoms with Crippen LogP contribution in [0, 0.1) is 39.7 Å². The number of allylic oxidation sites excluding steroid dienone is 4. The van der Waals surface area contributed by atoms with Crippen molar-refractivity contribution in [1.29, 1.82) is 0 Å². The smallest absolute Gasteiger partial charge is 0.250 e. The monoisotopic (exact) mass is 457 g/mol. The average Bonchev–Trinajstić information content (AvgIpc) is 2.84. The molecule has 0 radical (unpaired) electrons. The molecule has 0 amide bonds. The van der Waals surface area contributed by atoms with Crippen molar-refractivity contribution in [2.24, 2.45) is 29.6 Å². The summed E-state index contributed by atoms with van der Waals surface area (Å²) in [6, 6.07) is 0. The van der Waals surface area contributed by atoms with Crippen LogP contribution in [0.15, 0.2) is 23.9 Å². The van der Waals surface area contributed by atoms with Crippen LogP contribution < -0.4 is 0 Å². The first kappa shape index (κ1) is 12.4. The maximum absolute atomic E-state index is 11.1. The van der Waals surface area contributed by atoms with Gasteiger partial charge in [-0.15, -0.1) is 0 Å². The molecule has 0 N–H and O–H groups in total. The van der Waals surface area contributed by atoms with Gasteiger partial charge in [-0.1, -0.05) is 57.3 Å². The zero-order chi connectivity index (χ0) is 12.2. The molecule has 3 rings (SSSR count). The zero-order valence-electron chi connectivity index (χ0n) is 9.13. The van der Waals surface area contributed by atoms with Gasteiger partial charge in [-0.25, -0.2) is 0 Å². The number of rotatable bonds is 2. The average molecular weight is 457 g/mol. The molecule has 0 aliphatic heterocycles. The van der Waals surface area contributed by atoms with E-state index in [2.05, 4.69) is 51.3 Å². The second-order valence-electron chi connectivity index (χ2n) is 5.15. The van der Waals surface area contributed by atoms with Crippen LogP contribution >= 0.6 is 45.2 Å². The molecule has 5 unspecified atom stereocenters. The molecule has 2 fully saturated rings. The first-order valence-corrected chi connectivity index (χ1v) is 8.41. The third kappa shape index (κ3) is 1.79. The van der Waals surface area contributed by atoms with Crippen molar-refractivity contribution in [1.82, 2.24) is 0 Å². The molecule has 0 aromatic heterocycles. The quantitative estimate of drug-likeness (QED) is 0.274. The molecule has 0 aromatic rings. The van der Waals surface area contributed by atoms with Crippen LogP contribution in [0.2, 0.25) is 0 Å². The minimum Gasteiger partial charge on any atom is -0.259 e. The van der Waals surface area contributed by atoms with Gasteiger partial charge < -0.3 is 0 Å². The molecule has 3 nitrogen and oxygen atoms in total. The van der Waals surface area contributed by atoms with Gasteiger partial charge in [0.1, 0.15) is 0 Å². The Balaban J connectivity index is 1.98. The highest BCUT2D eigenvalue weighted by Gasteiger charge is 2.59. The highest BCUT2D eigenvalue weighted by Crippen LogP contribution is 2.62. The maximum Gasteiger partial charge on any atom is 0.250 e. The van der Waals surface area contributed by atoms with Crippen LogP contribution in [0.5, 0.6) is 0 Å². The highest BCUT2D eigenvalue weighted by molar-refractivity contribution is 14.2. The minimum atomic E-state index is -0.158. The normalized spacial score (nSPS) is 42.8. The van der Waals surface area contributed by atoms with E-state index in [-0.39, 0.29) is 10.8 Å². The number of alkyl halides is 2. The van der Waals surface area contributed by atoms with Crippen molar-refractivity contribution >= 4 is 45.2 Å². The molecular weight excluding hydrogens is 444 g/mol. The van der Waals surface area contributed by atoms with Crippen LogP contribution in [0.25, 0.3) is 0 Å². The second kappa shape index (κ2) is 4.47. The van der Waals surface area contributed by atoms with Gasteiger partial charge in [0, 0.05) is 6.08 Å². The molecule has 92 valence electrons. The fourth-order valence-electron chi connectivity index (χ4n) is 4.14. The van der Waals surface area contributed by atoms with E-state index >= 15 is 0 Å². The van der Waals surface area contributed by atoms with Gasteiger partial charge in [0.05, 0.1) is 12.8 Å². The van der Waals surface area contributed by atoms with Gasteiger partial charge in [-0.05, 0) is 36.5 Å². The molecule has 0 aromatic carbocycles. The molecule has 17 heavy (non-hydrogen) atoms. The maximum atomic E-state index is 11.1. The lowest BCUT2D eigenvalue weighted by Gasteiger charge is -2.28. The fourth-order valence-corrected chi connectivity index (χ4v) is 6.27. The predicted octanol–water partition coefficient (Wildman–Crippen LogP) is 3.80. The lowest BCUT2D eigenvalue weighted by atomic mass is 9.75. The van der Waals surface area contributed by atoms with Gasteiger partial charge in [-0.3, -0.25) is 10.1 Å². The number of fused-ring (bicyclic) bond motifs is 5. The molecule has 3 aliphatic carbocycles. The Hall–Kier alpha value is 0.340. The van der Waals surface area contributed by atoms with Crippen molar-refractivity contribution in [3.05, 3.63) is 34.0 Å². The molecule has 5 heteroatoms. The van der Waals surface area contributed by atoms with Crippen LogP contribution in [0.3, 0.4) is 0 Å². The van der Waals surface area contributed by atoms with Gasteiger partial charge in [0.25, 0.3) is 0 Å². The van der Waals surface area contributed by atoms with E-state index in [1.54, 1.807) is 6.08 Å². The van der Waals surface area contributed by atoms with Crippen molar-refractivity contribution in [3.63, 3.8) is 0 Å². The number of nitro groups is 1. The Morgan fingerprint density at radius 3 is 2.71 bits per heavy atom. The van der Waals surface area contributed by atoms with E-state index in [9.17, 15) is 10.1 Å². The summed E-state index contributed by atoms with van der Waals surface area (Å²) in [5.41, 5.74) is 0.461. The van der Waals surface area contributed by atoms with E-state index in [1.165, 1.54) is 12.8 Å². The van der Waals surface area contributed by atoms with Gasteiger partial charge in [0.2, 0.25) is 5.70 Å². The van der Waals surface area contributed by atoms with Crippen LogP contribution in [0.4, 0.5) is 0 Å². The summed E-state index contributed by atoms with van der Waals surface area (Å²) in [4.78, 5) is 11.0. The van der Waals surface area contributed by atoms with Crippen LogP contribution in [-0.2, 0) is 0 Å². The number of hydrogen-bond acceptors (Lipinski definition) is 2. The lowest BCUT2D eigenvalue weighted by Crippen LogP contribution is -2.27. The summed E-state index contributed by atoms with van der Waals surface area (Å²) in [6.07, 6.45) is 8.26. The number of halogens is 2. The van der Waals surface area contributed by atoms with Crippen molar-refractivity contribution in [3.8, 4) is 0 Å². The van der Waals surface area contributed by atoms with Crippen LogP contribution in [-0.4, -0.2) is 6.85 Å².